The van der Waals surface area contributed by atoms with Gasteiger partial charge in [0.25, 0.3) is 6.47 Å². The molecule has 1 fully saturated rings. The van der Waals surface area contributed by atoms with Crippen molar-refractivity contribution < 1.29 is 14.4 Å². The quantitative estimate of drug-likeness (QED) is 0.312. The van der Waals surface area contributed by atoms with Gasteiger partial charge in [0.15, 0.2) is 5.82 Å². The average Bonchev–Trinajstić information content (AvgIpc) is 3.58. The summed E-state index contributed by atoms with van der Waals surface area (Å²) in [6.07, 6.45) is 2.26. The smallest absolute Gasteiger partial charge is 0.290 e. The summed E-state index contributed by atoms with van der Waals surface area (Å²) in [6, 6.07) is 29.0. The molecule has 3 aromatic carbocycles. The van der Waals surface area contributed by atoms with Crippen molar-refractivity contribution >= 4 is 17.5 Å². The number of benzene rings is 3. The average molecular weight is 496 g/mol. The van der Waals surface area contributed by atoms with E-state index in [1.54, 1.807) is 0 Å². The summed E-state index contributed by atoms with van der Waals surface area (Å²) in [5, 5.41) is 11.3. The topological polar surface area (TPSA) is 108 Å². The van der Waals surface area contributed by atoms with Crippen LogP contribution in [0.3, 0.4) is 0 Å². The number of likely N-dealkylation sites (tertiary alicyclic amines) is 1. The van der Waals surface area contributed by atoms with E-state index in [-0.39, 0.29) is 12.4 Å². The number of hydrogen-bond acceptors (Lipinski definition) is 6. The lowest BCUT2D eigenvalue weighted by atomic mass is 9.91. The van der Waals surface area contributed by atoms with Crippen molar-refractivity contribution in [2.75, 3.05) is 13.1 Å². The van der Waals surface area contributed by atoms with Gasteiger partial charge in [-0.25, -0.2) is 4.98 Å². The van der Waals surface area contributed by atoms with Crippen molar-refractivity contribution in [3.63, 3.8) is 0 Å². The van der Waals surface area contributed by atoms with Gasteiger partial charge in [0.2, 0.25) is 5.89 Å². The molecule has 0 aliphatic carbocycles. The fraction of sp³-hybridized carbons (Fsp3) is 0.241. The minimum atomic E-state index is -0.250. The second-order valence-corrected chi connectivity index (χ2v) is 9.12. The number of rotatable bonds is 6. The number of nitrogens with one attached hydrogen (secondary N) is 1. The molecule has 2 aromatic heterocycles. The summed E-state index contributed by atoms with van der Waals surface area (Å²) in [5.41, 5.74) is 4.45. The number of hydrogen-bond donors (Lipinski definition) is 2. The number of carbonyl (C=O) groups is 1. The SMILES string of the molecule is O=CO.c1ccc(C(c2ccccc2)c2noc(CN3CCCC(c4nc5ccccc5[nH]4)C3)n2)cc1. The predicted octanol–water partition coefficient (Wildman–Crippen LogP) is 5.21. The van der Waals surface area contributed by atoms with Crippen LogP contribution in [0, 0.1) is 0 Å². The largest absolute Gasteiger partial charge is 0.483 e. The summed E-state index contributed by atoms with van der Waals surface area (Å²) in [5.74, 6) is 2.77. The molecule has 8 heteroatoms. The van der Waals surface area contributed by atoms with Crippen LogP contribution >= 0.6 is 0 Å². The second kappa shape index (κ2) is 11.6. The Morgan fingerprint density at radius 1 is 0.973 bits per heavy atom. The summed E-state index contributed by atoms with van der Waals surface area (Å²) in [6.45, 7) is 2.35. The Kier molecular flexibility index (Phi) is 7.66. The highest BCUT2D eigenvalue weighted by Gasteiger charge is 2.27. The molecular formula is C29H29N5O3. The van der Waals surface area contributed by atoms with Crippen LogP contribution in [0.4, 0.5) is 0 Å². The Balaban J connectivity index is 0.000000892. The third-order valence-corrected chi connectivity index (χ3v) is 6.67. The lowest BCUT2D eigenvalue weighted by Crippen LogP contribution is -2.34. The molecule has 0 spiro atoms. The summed E-state index contributed by atoms with van der Waals surface area (Å²) in [7, 11) is 0. The van der Waals surface area contributed by atoms with Gasteiger partial charge in [-0.05, 0) is 42.6 Å². The number of nitrogens with zero attached hydrogens (tertiary/aromatic N) is 4. The van der Waals surface area contributed by atoms with Crippen LogP contribution in [0.1, 0.15) is 53.3 Å². The Labute approximate surface area is 215 Å². The van der Waals surface area contributed by atoms with E-state index < -0.39 is 0 Å². The molecule has 5 aromatic rings. The Morgan fingerprint density at radius 2 is 1.62 bits per heavy atom. The van der Waals surface area contributed by atoms with E-state index in [9.17, 15) is 0 Å². The molecule has 1 aliphatic rings. The van der Waals surface area contributed by atoms with E-state index in [0.717, 1.165) is 53.9 Å². The number of imidazole rings is 1. The van der Waals surface area contributed by atoms with Crippen LogP contribution in [0.15, 0.2) is 89.5 Å². The van der Waals surface area contributed by atoms with E-state index in [4.69, 9.17) is 24.4 Å². The minimum absolute atomic E-state index is 0.0513. The molecule has 8 nitrogen and oxygen atoms in total. The fourth-order valence-electron chi connectivity index (χ4n) is 5.01. The molecule has 0 radical (unpaired) electrons. The van der Waals surface area contributed by atoms with Gasteiger partial charge in [-0.15, -0.1) is 0 Å². The molecule has 1 aliphatic heterocycles. The van der Waals surface area contributed by atoms with Gasteiger partial charge >= 0.3 is 0 Å². The second-order valence-electron chi connectivity index (χ2n) is 9.12. The maximum Gasteiger partial charge on any atom is 0.290 e. The Hall–Kier alpha value is -4.30. The number of fused-ring (bicyclic) bond motifs is 1. The number of aromatic amines is 1. The summed E-state index contributed by atoms with van der Waals surface area (Å²) >= 11 is 0. The molecule has 6 rings (SSSR count). The van der Waals surface area contributed by atoms with Crippen LogP contribution in [0.5, 0.6) is 0 Å². The number of piperidine rings is 1. The Morgan fingerprint density at radius 3 is 2.30 bits per heavy atom. The van der Waals surface area contributed by atoms with Crippen LogP contribution in [-0.4, -0.2) is 49.7 Å². The van der Waals surface area contributed by atoms with Gasteiger partial charge in [-0.2, -0.15) is 4.98 Å². The third-order valence-electron chi connectivity index (χ3n) is 6.67. The van der Waals surface area contributed by atoms with Gasteiger partial charge < -0.3 is 14.6 Å². The summed E-state index contributed by atoms with van der Waals surface area (Å²) in [4.78, 5) is 24.0. The molecule has 0 amide bonds. The normalized spacial score (nSPS) is 15.9. The standard InChI is InChI=1S/C28H27N5O.CH2O2/c1-3-10-20(11-4-1)26(21-12-5-2-6-13-21)28-31-25(34-32-28)19-33-17-9-14-22(18-33)27-29-23-15-7-8-16-24(23)30-27;2-1-3/h1-8,10-13,15-16,22,26H,9,14,17-19H2,(H,29,30);1H,(H,2,3). The molecule has 2 N–H and O–H groups in total. The first kappa shape index (κ1) is 24.4. The molecular weight excluding hydrogens is 466 g/mol. The molecule has 0 saturated carbocycles. The predicted molar refractivity (Wildman–Crippen MR) is 140 cm³/mol. The fourth-order valence-corrected chi connectivity index (χ4v) is 5.01. The first-order valence-electron chi connectivity index (χ1n) is 12.4. The van der Waals surface area contributed by atoms with Crippen molar-refractivity contribution in [1.29, 1.82) is 0 Å². The maximum absolute atomic E-state index is 8.36. The molecule has 188 valence electrons. The van der Waals surface area contributed by atoms with Gasteiger partial charge in [0, 0.05) is 12.5 Å². The van der Waals surface area contributed by atoms with Crippen molar-refractivity contribution in [2.24, 2.45) is 0 Å². The van der Waals surface area contributed by atoms with Crippen LogP contribution in [0.2, 0.25) is 0 Å². The van der Waals surface area contributed by atoms with Gasteiger partial charge in [-0.1, -0.05) is 78.0 Å². The van der Waals surface area contributed by atoms with Crippen molar-refractivity contribution in [3.05, 3.63) is 114 Å². The van der Waals surface area contributed by atoms with Crippen molar-refractivity contribution in [3.8, 4) is 0 Å². The minimum Gasteiger partial charge on any atom is -0.483 e. The van der Waals surface area contributed by atoms with Crippen LogP contribution < -0.4 is 0 Å². The number of carboxylic acid groups (broad SMARTS) is 1. The summed E-state index contributed by atoms with van der Waals surface area (Å²) < 4.78 is 5.75. The maximum atomic E-state index is 8.36. The Bertz CT molecular complexity index is 1340. The number of aromatic nitrogens is 4. The van der Waals surface area contributed by atoms with Crippen LogP contribution in [-0.2, 0) is 11.3 Å². The first-order valence-corrected chi connectivity index (χ1v) is 12.4. The van der Waals surface area contributed by atoms with Gasteiger partial charge in [0.05, 0.1) is 23.5 Å². The van der Waals surface area contributed by atoms with E-state index in [1.807, 2.05) is 24.3 Å². The van der Waals surface area contributed by atoms with E-state index in [2.05, 4.69) is 75.7 Å². The van der Waals surface area contributed by atoms with E-state index in [0.29, 0.717) is 24.2 Å². The molecule has 0 bridgehead atoms. The first-order chi connectivity index (χ1) is 18.2. The highest BCUT2D eigenvalue weighted by molar-refractivity contribution is 5.74. The molecule has 3 heterocycles. The van der Waals surface area contributed by atoms with Crippen molar-refractivity contribution in [2.45, 2.75) is 31.2 Å². The molecule has 37 heavy (non-hydrogen) atoms. The van der Waals surface area contributed by atoms with Gasteiger partial charge in [-0.3, -0.25) is 9.69 Å². The zero-order chi connectivity index (χ0) is 25.5. The zero-order valence-electron chi connectivity index (χ0n) is 20.4. The lowest BCUT2D eigenvalue weighted by molar-refractivity contribution is -0.122. The van der Waals surface area contributed by atoms with Gasteiger partial charge in [0.1, 0.15) is 5.82 Å². The van der Waals surface area contributed by atoms with Crippen LogP contribution in [0.25, 0.3) is 11.0 Å². The highest BCUT2D eigenvalue weighted by Crippen LogP contribution is 2.31. The molecule has 1 atom stereocenters. The third kappa shape index (κ3) is 5.76. The van der Waals surface area contributed by atoms with E-state index >= 15 is 0 Å². The van der Waals surface area contributed by atoms with Crippen molar-refractivity contribution in [1.82, 2.24) is 25.0 Å². The highest BCUT2D eigenvalue weighted by atomic mass is 16.5. The molecule has 1 saturated heterocycles. The molecule has 1 unspecified atom stereocenters. The van der Waals surface area contributed by atoms with E-state index in [1.165, 1.54) is 0 Å². The zero-order valence-corrected chi connectivity index (χ0v) is 20.4. The lowest BCUT2D eigenvalue weighted by Gasteiger charge is -2.30. The monoisotopic (exact) mass is 495 g/mol. The number of H-pyrrole nitrogens is 1. The number of para-hydroxylation sites is 2.